The van der Waals surface area contributed by atoms with Crippen LogP contribution in [0.25, 0.3) is 20.2 Å². The number of fused-ring (bicyclic) bond motifs is 2. The number of amides is 1. The van der Waals surface area contributed by atoms with E-state index in [0.717, 1.165) is 15.6 Å². The van der Waals surface area contributed by atoms with Crippen molar-refractivity contribution in [1.29, 1.82) is 0 Å². The smallest absolute Gasteiger partial charge is 0.270 e. The number of carbonyl (C=O) groups is 1. The summed E-state index contributed by atoms with van der Waals surface area (Å²) in [5, 5.41) is 14.9. The average Bonchev–Trinajstić information content (AvgIpc) is 3.24. The quantitative estimate of drug-likeness (QED) is 0.355. The Labute approximate surface area is 157 Å². The van der Waals surface area contributed by atoms with Gasteiger partial charge in [-0.25, -0.2) is 0 Å². The molecule has 0 atom stereocenters. The highest BCUT2D eigenvalue weighted by Crippen LogP contribution is 2.31. The van der Waals surface area contributed by atoms with Gasteiger partial charge < -0.3 is 4.90 Å². The number of nitrogens with zero attached hydrogens (tertiary/aromatic N) is 2. The number of benzene rings is 2. The van der Waals surface area contributed by atoms with Gasteiger partial charge in [-0.3, -0.25) is 14.9 Å². The van der Waals surface area contributed by atoms with E-state index in [1.165, 1.54) is 33.6 Å². The molecule has 1 amide bonds. The summed E-state index contributed by atoms with van der Waals surface area (Å²) in [6.07, 6.45) is 0. The molecule has 4 aromatic rings. The first kappa shape index (κ1) is 16.7. The van der Waals surface area contributed by atoms with Crippen molar-refractivity contribution in [2.75, 3.05) is 7.05 Å². The van der Waals surface area contributed by atoms with Crippen molar-refractivity contribution in [3.05, 3.63) is 74.5 Å². The van der Waals surface area contributed by atoms with Crippen LogP contribution in [-0.2, 0) is 6.54 Å². The summed E-state index contributed by atoms with van der Waals surface area (Å²) in [4.78, 5) is 25.6. The third-order valence-corrected chi connectivity index (χ3v) is 6.35. The molecule has 0 radical (unpaired) electrons. The Bertz CT molecular complexity index is 1150. The molecule has 0 aliphatic heterocycles. The first-order chi connectivity index (χ1) is 12.5. The zero-order chi connectivity index (χ0) is 18.3. The van der Waals surface area contributed by atoms with Crippen LogP contribution in [0.4, 0.5) is 5.69 Å². The van der Waals surface area contributed by atoms with Gasteiger partial charge in [0, 0.05) is 40.5 Å². The second-order valence-electron chi connectivity index (χ2n) is 6.01. The van der Waals surface area contributed by atoms with Crippen LogP contribution in [0.15, 0.2) is 53.9 Å². The highest BCUT2D eigenvalue weighted by Gasteiger charge is 2.18. The lowest BCUT2D eigenvalue weighted by Crippen LogP contribution is -2.25. The molecule has 0 bridgehead atoms. The average molecular weight is 382 g/mol. The topological polar surface area (TPSA) is 63.5 Å². The minimum absolute atomic E-state index is 0.0346. The highest BCUT2D eigenvalue weighted by atomic mass is 32.1. The van der Waals surface area contributed by atoms with Crippen molar-refractivity contribution in [3.63, 3.8) is 0 Å². The molecule has 26 heavy (non-hydrogen) atoms. The first-order valence-electron chi connectivity index (χ1n) is 7.91. The van der Waals surface area contributed by atoms with Crippen LogP contribution in [0, 0.1) is 10.1 Å². The molecule has 0 N–H and O–H groups in total. The maximum atomic E-state index is 12.8. The zero-order valence-corrected chi connectivity index (χ0v) is 15.5. The number of nitro groups is 1. The van der Waals surface area contributed by atoms with E-state index in [9.17, 15) is 14.9 Å². The van der Waals surface area contributed by atoms with E-state index in [4.69, 9.17) is 0 Å². The molecule has 0 fully saturated rings. The lowest BCUT2D eigenvalue weighted by Gasteiger charge is -2.15. The monoisotopic (exact) mass is 382 g/mol. The van der Waals surface area contributed by atoms with E-state index >= 15 is 0 Å². The van der Waals surface area contributed by atoms with Gasteiger partial charge in [-0.15, -0.1) is 22.7 Å². The van der Waals surface area contributed by atoms with Crippen molar-refractivity contribution >= 4 is 54.4 Å². The summed E-state index contributed by atoms with van der Waals surface area (Å²) >= 11 is 3.03. The van der Waals surface area contributed by atoms with E-state index in [-0.39, 0.29) is 11.6 Å². The van der Waals surface area contributed by atoms with Gasteiger partial charge >= 0.3 is 0 Å². The highest BCUT2D eigenvalue weighted by molar-refractivity contribution is 7.20. The molecular formula is C19H14N2O3S2. The molecule has 0 saturated heterocycles. The fourth-order valence-corrected chi connectivity index (χ4v) is 4.91. The van der Waals surface area contributed by atoms with Gasteiger partial charge in [-0.05, 0) is 34.5 Å². The van der Waals surface area contributed by atoms with Crippen LogP contribution in [0.3, 0.4) is 0 Å². The molecule has 0 aliphatic carbocycles. The number of rotatable bonds is 4. The van der Waals surface area contributed by atoms with Crippen molar-refractivity contribution < 1.29 is 9.72 Å². The van der Waals surface area contributed by atoms with Crippen LogP contribution >= 0.6 is 22.7 Å². The zero-order valence-electron chi connectivity index (χ0n) is 13.8. The molecule has 2 aromatic carbocycles. The van der Waals surface area contributed by atoms with Gasteiger partial charge in [0.15, 0.2) is 0 Å². The van der Waals surface area contributed by atoms with Crippen molar-refractivity contribution in [1.82, 2.24) is 4.90 Å². The van der Waals surface area contributed by atoms with Gasteiger partial charge in [0.25, 0.3) is 11.6 Å². The molecule has 130 valence electrons. The van der Waals surface area contributed by atoms with Crippen molar-refractivity contribution in [2.45, 2.75) is 6.54 Å². The largest absolute Gasteiger partial charge is 0.337 e. The minimum atomic E-state index is -0.424. The maximum absolute atomic E-state index is 12.8. The number of non-ortho nitro benzene ring substituents is 1. The fraction of sp³-hybridized carbons (Fsp3) is 0.105. The van der Waals surface area contributed by atoms with Crippen LogP contribution in [0.5, 0.6) is 0 Å². The predicted octanol–water partition coefficient (Wildman–Crippen LogP) is 5.30. The lowest BCUT2D eigenvalue weighted by molar-refractivity contribution is -0.384. The van der Waals surface area contributed by atoms with E-state index in [0.29, 0.717) is 11.4 Å². The summed E-state index contributed by atoms with van der Waals surface area (Å²) in [5.41, 5.74) is 1.16. The van der Waals surface area contributed by atoms with Crippen molar-refractivity contribution in [3.8, 4) is 0 Å². The van der Waals surface area contributed by atoms with Gasteiger partial charge in [0.1, 0.15) is 0 Å². The van der Waals surface area contributed by atoms with Crippen LogP contribution in [0.1, 0.15) is 15.2 Å². The third-order valence-electron chi connectivity index (χ3n) is 4.24. The number of nitro benzene ring substituents is 1. The van der Waals surface area contributed by atoms with Crippen molar-refractivity contribution in [2.24, 2.45) is 0 Å². The number of thiophene rings is 2. The molecule has 0 spiro atoms. The summed E-state index contributed by atoms with van der Waals surface area (Å²) in [7, 11) is 1.78. The maximum Gasteiger partial charge on any atom is 0.270 e. The number of carbonyl (C=O) groups excluding carboxylic acids is 1. The standard InChI is InChI=1S/C19H14N2O3S2/c1-20(10-13-11-25-17-5-3-2-4-15(13)17)19(22)18-9-12-8-14(21(23)24)6-7-16(12)26-18/h2-9,11H,10H2,1H3. The van der Waals surface area contributed by atoms with E-state index in [1.807, 2.05) is 12.1 Å². The summed E-state index contributed by atoms with van der Waals surface area (Å²) < 4.78 is 2.07. The van der Waals surface area contributed by atoms with Gasteiger partial charge in [-0.1, -0.05) is 18.2 Å². The Morgan fingerprint density at radius 3 is 2.77 bits per heavy atom. The Hall–Kier alpha value is -2.77. The van der Waals surface area contributed by atoms with Crippen LogP contribution in [0.2, 0.25) is 0 Å². The van der Waals surface area contributed by atoms with E-state index < -0.39 is 4.92 Å². The number of hydrogen-bond acceptors (Lipinski definition) is 5. The SMILES string of the molecule is CN(Cc1csc2ccccc12)C(=O)c1cc2cc([N+](=O)[O-])ccc2s1. The van der Waals surface area contributed by atoms with Crippen LogP contribution < -0.4 is 0 Å². The summed E-state index contributed by atoms with van der Waals surface area (Å²) in [6.45, 7) is 0.525. The predicted molar refractivity (Wildman–Crippen MR) is 106 cm³/mol. The Morgan fingerprint density at radius 1 is 1.15 bits per heavy atom. The van der Waals surface area contributed by atoms with Gasteiger partial charge in [0.05, 0.1) is 9.80 Å². The van der Waals surface area contributed by atoms with Gasteiger partial charge in [0.2, 0.25) is 0 Å². The molecule has 0 unspecified atom stereocenters. The Balaban J connectivity index is 1.60. The third kappa shape index (κ3) is 2.95. The molecule has 2 heterocycles. The summed E-state index contributed by atoms with van der Waals surface area (Å²) in [6, 6.07) is 14.6. The number of hydrogen-bond donors (Lipinski definition) is 0. The minimum Gasteiger partial charge on any atom is -0.337 e. The van der Waals surface area contributed by atoms with E-state index in [2.05, 4.69) is 17.5 Å². The molecular weight excluding hydrogens is 368 g/mol. The molecule has 2 aromatic heterocycles. The first-order valence-corrected chi connectivity index (χ1v) is 9.61. The molecule has 7 heteroatoms. The second kappa shape index (κ2) is 6.51. The molecule has 0 aliphatic rings. The van der Waals surface area contributed by atoms with Gasteiger partial charge in [-0.2, -0.15) is 0 Å². The molecule has 4 rings (SSSR count). The second-order valence-corrected chi connectivity index (χ2v) is 8.00. The molecule has 0 saturated carbocycles. The molecule has 5 nitrogen and oxygen atoms in total. The lowest BCUT2D eigenvalue weighted by atomic mass is 10.1. The Morgan fingerprint density at radius 2 is 1.96 bits per heavy atom. The normalized spacial score (nSPS) is 11.1. The van der Waals surface area contributed by atoms with Crippen LogP contribution in [-0.4, -0.2) is 22.8 Å². The fourth-order valence-electron chi connectivity index (χ4n) is 2.92. The summed E-state index contributed by atoms with van der Waals surface area (Å²) in [5.74, 6) is -0.0795. The van der Waals surface area contributed by atoms with E-state index in [1.54, 1.807) is 35.4 Å². The Kier molecular flexibility index (Phi) is 4.18.